The zero-order valence-corrected chi connectivity index (χ0v) is 11.1. The van der Waals surface area contributed by atoms with Crippen LogP contribution >= 0.6 is 0 Å². The van der Waals surface area contributed by atoms with Gasteiger partial charge in [0.15, 0.2) is 0 Å². The highest BCUT2D eigenvalue weighted by atomic mass is 16.2. The molecule has 4 nitrogen and oxygen atoms in total. The highest BCUT2D eigenvalue weighted by Gasteiger charge is 2.34. The van der Waals surface area contributed by atoms with Crippen molar-refractivity contribution in [2.45, 2.75) is 44.2 Å². The van der Waals surface area contributed by atoms with Gasteiger partial charge in [0.05, 0.1) is 0 Å². The summed E-state index contributed by atoms with van der Waals surface area (Å²) in [5.41, 5.74) is 0. The van der Waals surface area contributed by atoms with E-state index in [1.807, 2.05) is 14.1 Å². The lowest BCUT2D eigenvalue weighted by molar-refractivity contribution is -0.128. The molecule has 0 radical (unpaired) electrons. The van der Waals surface area contributed by atoms with Crippen LogP contribution in [0.15, 0.2) is 0 Å². The van der Waals surface area contributed by atoms with Crippen molar-refractivity contribution in [1.82, 2.24) is 15.1 Å². The quantitative estimate of drug-likeness (QED) is 0.784. The number of piperidine rings is 1. The Hall–Kier alpha value is -0.610. The molecule has 2 heterocycles. The maximum Gasteiger partial charge on any atom is 0.223 e. The van der Waals surface area contributed by atoms with E-state index in [1.165, 1.54) is 38.8 Å². The number of carbonyl (C=O) groups is 1. The predicted molar refractivity (Wildman–Crippen MR) is 68.9 cm³/mol. The summed E-state index contributed by atoms with van der Waals surface area (Å²) in [7, 11) is 3.64. The standard InChI is InChI=1S/C13H25N3O/c1-15(2)13(17)6-8-14-11-7-10-16-9-4-3-5-12(11)16/h11-12,14H,3-10H2,1-2H3. The zero-order valence-electron chi connectivity index (χ0n) is 11.1. The number of hydrogen-bond donors (Lipinski definition) is 1. The lowest BCUT2D eigenvalue weighted by atomic mass is 9.99. The minimum absolute atomic E-state index is 0.219. The second kappa shape index (κ2) is 5.83. The summed E-state index contributed by atoms with van der Waals surface area (Å²) < 4.78 is 0. The second-order valence-electron chi connectivity index (χ2n) is 5.49. The number of nitrogens with one attached hydrogen (secondary N) is 1. The number of nitrogens with zero attached hydrogens (tertiary/aromatic N) is 2. The fourth-order valence-corrected chi connectivity index (χ4v) is 3.07. The molecule has 2 saturated heterocycles. The van der Waals surface area contributed by atoms with Gasteiger partial charge in [0.25, 0.3) is 0 Å². The van der Waals surface area contributed by atoms with Crippen molar-refractivity contribution in [3.63, 3.8) is 0 Å². The summed E-state index contributed by atoms with van der Waals surface area (Å²) in [5, 5.41) is 3.58. The Morgan fingerprint density at radius 3 is 2.88 bits per heavy atom. The molecular formula is C13H25N3O. The molecule has 4 heteroatoms. The van der Waals surface area contributed by atoms with E-state index in [0.717, 1.165) is 12.6 Å². The lowest BCUT2D eigenvalue weighted by Gasteiger charge is -2.32. The van der Waals surface area contributed by atoms with Crippen LogP contribution in [0, 0.1) is 0 Å². The normalized spacial score (nSPS) is 29.1. The molecule has 0 spiro atoms. The molecule has 17 heavy (non-hydrogen) atoms. The molecule has 98 valence electrons. The first kappa shape index (κ1) is 12.8. The highest BCUT2D eigenvalue weighted by molar-refractivity contribution is 5.75. The molecule has 0 saturated carbocycles. The van der Waals surface area contributed by atoms with Gasteiger partial charge in [-0.25, -0.2) is 0 Å². The van der Waals surface area contributed by atoms with Gasteiger partial charge < -0.3 is 10.2 Å². The zero-order chi connectivity index (χ0) is 12.3. The van der Waals surface area contributed by atoms with Crippen LogP contribution in [0.3, 0.4) is 0 Å². The van der Waals surface area contributed by atoms with Crippen molar-refractivity contribution in [3.8, 4) is 0 Å². The second-order valence-corrected chi connectivity index (χ2v) is 5.49. The van der Waals surface area contributed by atoms with Crippen molar-refractivity contribution in [1.29, 1.82) is 0 Å². The molecule has 0 aromatic rings. The summed E-state index contributed by atoms with van der Waals surface area (Å²) >= 11 is 0. The van der Waals surface area contributed by atoms with Crippen molar-refractivity contribution in [2.24, 2.45) is 0 Å². The van der Waals surface area contributed by atoms with Crippen LogP contribution < -0.4 is 5.32 Å². The maximum atomic E-state index is 11.5. The van der Waals surface area contributed by atoms with Crippen LogP contribution in [0.2, 0.25) is 0 Å². The summed E-state index contributed by atoms with van der Waals surface area (Å²) in [4.78, 5) is 15.8. The third-order valence-electron chi connectivity index (χ3n) is 4.10. The number of amides is 1. The number of rotatable bonds is 4. The van der Waals surface area contributed by atoms with E-state index in [0.29, 0.717) is 12.5 Å². The molecule has 2 rings (SSSR count). The molecule has 0 aromatic heterocycles. The molecule has 0 aromatic carbocycles. The predicted octanol–water partition coefficient (Wildman–Crippen LogP) is 0.681. The Morgan fingerprint density at radius 1 is 1.29 bits per heavy atom. The van der Waals surface area contributed by atoms with Crippen LogP contribution in [0.25, 0.3) is 0 Å². The molecular weight excluding hydrogens is 214 g/mol. The molecule has 2 fully saturated rings. The molecule has 2 atom stereocenters. The van der Waals surface area contributed by atoms with Gasteiger partial charge in [0.1, 0.15) is 0 Å². The van der Waals surface area contributed by atoms with Gasteiger partial charge in [-0.3, -0.25) is 9.69 Å². The molecule has 0 aliphatic carbocycles. The van der Waals surface area contributed by atoms with E-state index in [4.69, 9.17) is 0 Å². The third kappa shape index (κ3) is 3.19. The van der Waals surface area contributed by atoms with Crippen LogP contribution in [0.4, 0.5) is 0 Å². The fourth-order valence-electron chi connectivity index (χ4n) is 3.07. The van der Waals surface area contributed by atoms with Crippen LogP contribution in [-0.2, 0) is 4.79 Å². The number of fused-ring (bicyclic) bond motifs is 1. The van der Waals surface area contributed by atoms with E-state index in [1.54, 1.807) is 4.90 Å². The van der Waals surface area contributed by atoms with Gasteiger partial charge in [-0.2, -0.15) is 0 Å². The topological polar surface area (TPSA) is 35.6 Å². The van der Waals surface area contributed by atoms with Gasteiger partial charge in [-0.1, -0.05) is 6.42 Å². The van der Waals surface area contributed by atoms with E-state index in [-0.39, 0.29) is 5.91 Å². The SMILES string of the molecule is CN(C)C(=O)CCNC1CCN2CCCCC12. The number of carbonyl (C=O) groups excluding carboxylic acids is 1. The van der Waals surface area contributed by atoms with Gasteiger partial charge >= 0.3 is 0 Å². The highest BCUT2D eigenvalue weighted by Crippen LogP contribution is 2.26. The average molecular weight is 239 g/mol. The Kier molecular flexibility index (Phi) is 4.40. The Balaban J connectivity index is 1.71. The van der Waals surface area contributed by atoms with Crippen LogP contribution in [-0.4, -0.2) is 61.5 Å². The summed E-state index contributed by atoms with van der Waals surface area (Å²) in [6.45, 7) is 3.34. The monoisotopic (exact) mass is 239 g/mol. The van der Waals surface area contributed by atoms with Crippen molar-refractivity contribution < 1.29 is 4.79 Å². The maximum absolute atomic E-state index is 11.5. The largest absolute Gasteiger partial charge is 0.349 e. The van der Waals surface area contributed by atoms with E-state index in [2.05, 4.69) is 10.2 Å². The van der Waals surface area contributed by atoms with E-state index < -0.39 is 0 Å². The molecule has 1 N–H and O–H groups in total. The summed E-state index contributed by atoms with van der Waals surface area (Å²) in [6.07, 6.45) is 5.94. The van der Waals surface area contributed by atoms with Gasteiger partial charge in [-0.15, -0.1) is 0 Å². The van der Waals surface area contributed by atoms with Crippen molar-refractivity contribution in [3.05, 3.63) is 0 Å². The molecule has 2 aliphatic heterocycles. The summed E-state index contributed by atoms with van der Waals surface area (Å²) in [5.74, 6) is 0.219. The van der Waals surface area contributed by atoms with Crippen LogP contribution in [0.1, 0.15) is 32.1 Å². The fraction of sp³-hybridized carbons (Fsp3) is 0.923. The van der Waals surface area contributed by atoms with E-state index >= 15 is 0 Å². The molecule has 0 bridgehead atoms. The minimum atomic E-state index is 0.219. The lowest BCUT2D eigenvalue weighted by Crippen LogP contribution is -2.45. The van der Waals surface area contributed by atoms with Crippen molar-refractivity contribution >= 4 is 5.91 Å². The first-order chi connectivity index (χ1) is 8.18. The van der Waals surface area contributed by atoms with Gasteiger partial charge in [-0.05, 0) is 25.8 Å². The Labute approximate surface area is 104 Å². The summed E-state index contributed by atoms with van der Waals surface area (Å²) in [6, 6.07) is 1.35. The average Bonchev–Trinajstić information content (AvgIpc) is 2.72. The molecule has 2 aliphatic rings. The number of hydrogen-bond acceptors (Lipinski definition) is 3. The first-order valence-electron chi connectivity index (χ1n) is 6.86. The third-order valence-corrected chi connectivity index (χ3v) is 4.10. The van der Waals surface area contributed by atoms with Gasteiger partial charge in [0, 0.05) is 45.7 Å². The molecule has 2 unspecified atom stereocenters. The minimum Gasteiger partial charge on any atom is -0.349 e. The van der Waals surface area contributed by atoms with Crippen molar-refractivity contribution in [2.75, 3.05) is 33.7 Å². The molecule has 1 amide bonds. The van der Waals surface area contributed by atoms with Crippen LogP contribution in [0.5, 0.6) is 0 Å². The van der Waals surface area contributed by atoms with E-state index in [9.17, 15) is 4.79 Å². The Bertz CT molecular complexity index is 267. The first-order valence-corrected chi connectivity index (χ1v) is 6.86. The Morgan fingerprint density at radius 2 is 2.12 bits per heavy atom. The smallest absolute Gasteiger partial charge is 0.223 e. The van der Waals surface area contributed by atoms with Gasteiger partial charge in [0.2, 0.25) is 5.91 Å².